The van der Waals surface area contributed by atoms with Gasteiger partial charge >= 0.3 is 6.03 Å². The Bertz CT molecular complexity index is 744. The number of urea groups is 1. The summed E-state index contributed by atoms with van der Waals surface area (Å²) in [6.45, 7) is 3.53. The number of carbonyl (C=O) groups is 1. The lowest BCUT2D eigenvalue weighted by molar-refractivity contribution is 0.236. The number of aromatic nitrogens is 3. The Kier molecular flexibility index (Phi) is 4.19. The zero-order chi connectivity index (χ0) is 17.3. The first kappa shape index (κ1) is 16.1. The molecule has 0 saturated heterocycles. The third-order valence-corrected chi connectivity index (χ3v) is 5.77. The molecule has 2 aliphatic carbocycles. The molecule has 25 heavy (non-hydrogen) atoms. The van der Waals surface area contributed by atoms with Gasteiger partial charge in [0.2, 0.25) is 0 Å². The Labute approximate surface area is 148 Å². The summed E-state index contributed by atoms with van der Waals surface area (Å²) in [5.74, 6) is 0.576. The summed E-state index contributed by atoms with van der Waals surface area (Å²) in [4.78, 5) is 16.1. The van der Waals surface area contributed by atoms with E-state index in [1.54, 1.807) is 11.0 Å². The molecular weight excluding hydrogens is 314 g/mol. The normalized spacial score (nSPS) is 24.8. The van der Waals surface area contributed by atoms with Crippen LogP contribution in [-0.4, -0.2) is 33.4 Å². The van der Waals surface area contributed by atoms with Crippen molar-refractivity contribution in [1.29, 1.82) is 0 Å². The smallest absolute Gasteiger partial charge is 0.315 e. The SMILES string of the molecule is C[C@H](CCn1cncn1)NC(=O)NC[C@@H]1C[C@]12CCc1ccccc12. The molecule has 1 heterocycles. The highest BCUT2D eigenvalue weighted by Gasteiger charge is 2.57. The van der Waals surface area contributed by atoms with Crippen molar-refractivity contribution in [2.75, 3.05) is 6.54 Å². The summed E-state index contributed by atoms with van der Waals surface area (Å²) < 4.78 is 1.78. The molecule has 1 fully saturated rings. The molecule has 1 aromatic carbocycles. The van der Waals surface area contributed by atoms with Crippen molar-refractivity contribution in [1.82, 2.24) is 25.4 Å². The number of nitrogens with zero attached hydrogens (tertiary/aromatic N) is 3. The highest BCUT2D eigenvalue weighted by Crippen LogP contribution is 2.61. The number of hydrogen-bond acceptors (Lipinski definition) is 3. The van der Waals surface area contributed by atoms with E-state index >= 15 is 0 Å². The van der Waals surface area contributed by atoms with Gasteiger partial charge in [0.25, 0.3) is 0 Å². The molecule has 2 aliphatic rings. The minimum absolute atomic E-state index is 0.0700. The minimum atomic E-state index is -0.0700. The minimum Gasteiger partial charge on any atom is -0.338 e. The molecule has 132 valence electrons. The van der Waals surface area contributed by atoms with E-state index in [1.165, 1.54) is 36.7 Å². The molecule has 2 N–H and O–H groups in total. The fourth-order valence-electron chi connectivity index (χ4n) is 4.24. The molecule has 2 amide bonds. The van der Waals surface area contributed by atoms with Gasteiger partial charge in [-0.1, -0.05) is 24.3 Å². The predicted molar refractivity (Wildman–Crippen MR) is 95.2 cm³/mol. The molecule has 4 rings (SSSR count). The number of carbonyl (C=O) groups excluding carboxylic acids is 1. The van der Waals surface area contributed by atoms with Crippen LogP contribution in [0.1, 0.15) is 37.3 Å². The van der Waals surface area contributed by atoms with Crippen molar-refractivity contribution in [3.63, 3.8) is 0 Å². The maximum absolute atomic E-state index is 12.1. The Morgan fingerprint density at radius 1 is 1.44 bits per heavy atom. The maximum Gasteiger partial charge on any atom is 0.315 e. The summed E-state index contributed by atoms with van der Waals surface area (Å²) in [7, 11) is 0. The number of amides is 2. The molecule has 1 aromatic heterocycles. The van der Waals surface area contributed by atoms with E-state index in [0.717, 1.165) is 19.5 Å². The Morgan fingerprint density at radius 3 is 3.16 bits per heavy atom. The van der Waals surface area contributed by atoms with E-state index in [4.69, 9.17) is 0 Å². The summed E-state index contributed by atoms with van der Waals surface area (Å²) >= 11 is 0. The second-order valence-corrected chi connectivity index (χ2v) is 7.42. The summed E-state index contributed by atoms with van der Waals surface area (Å²) in [5.41, 5.74) is 3.35. The van der Waals surface area contributed by atoms with Crippen LogP contribution in [0.15, 0.2) is 36.9 Å². The van der Waals surface area contributed by atoms with Crippen LogP contribution in [0.25, 0.3) is 0 Å². The number of nitrogens with one attached hydrogen (secondary N) is 2. The lowest BCUT2D eigenvalue weighted by Gasteiger charge is -2.16. The van der Waals surface area contributed by atoms with Crippen molar-refractivity contribution in [3.8, 4) is 0 Å². The molecule has 1 spiro atoms. The van der Waals surface area contributed by atoms with E-state index in [1.807, 2.05) is 6.92 Å². The number of benzene rings is 1. The average Bonchev–Trinajstić information content (AvgIpc) is 2.95. The van der Waals surface area contributed by atoms with Crippen molar-refractivity contribution in [2.24, 2.45) is 5.92 Å². The average molecular weight is 339 g/mol. The third kappa shape index (κ3) is 3.25. The van der Waals surface area contributed by atoms with Crippen molar-refractivity contribution in [2.45, 2.75) is 50.6 Å². The Morgan fingerprint density at radius 2 is 2.32 bits per heavy atom. The van der Waals surface area contributed by atoms with Gasteiger partial charge in [-0.2, -0.15) is 5.10 Å². The summed E-state index contributed by atoms with van der Waals surface area (Å²) in [5, 5.41) is 10.1. The van der Waals surface area contributed by atoms with Gasteiger partial charge in [0.1, 0.15) is 12.7 Å². The third-order valence-electron chi connectivity index (χ3n) is 5.77. The molecule has 0 aliphatic heterocycles. The second-order valence-electron chi connectivity index (χ2n) is 7.42. The van der Waals surface area contributed by atoms with Gasteiger partial charge in [-0.15, -0.1) is 0 Å². The first-order valence-corrected chi connectivity index (χ1v) is 9.12. The molecule has 2 aromatic rings. The molecule has 0 radical (unpaired) electrons. The molecule has 6 heteroatoms. The molecule has 6 nitrogen and oxygen atoms in total. The molecule has 0 unspecified atom stereocenters. The number of aryl methyl sites for hydroxylation is 2. The predicted octanol–water partition coefficient (Wildman–Crippen LogP) is 2.26. The highest BCUT2D eigenvalue weighted by molar-refractivity contribution is 5.74. The second kappa shape index (κ2) is 6.50. The Balaban J connectivity index is 1.21. The zero-order valence-corrected chi connectivity index (χ0v) is 14.6. The Hall–Kier alpha value is -2.37. The maximum atomic E-state index is 12.1. The van der Waals surface area contributed by atoms with Crippen LogP contribution >= 0.6 is 0 Å². The van der Waals surface area contributed by atoms with Gasteiger partial charge in [-0.3, -0.25) is 4.68 Å². The summed E-state index contributed by atoms with van der Waals surface area (Å²) in [6.07, 6.45) is 7.66. The topological polar surface area (TPSA) is 71.8 Å². The monoisotopic (exact) mass is 339 g/mol. The van der Waals surface area contributed by atoms with Crippen LogP contribution in [0.3, 0.4) is 0 Å². The van der Waals surface area contributed by atoms with Gasteiger partial charge in [-0.25, -0.2) is 9.78 Å². The number of fused-ring (bicyclic) bond motifs is 2. The number of rotatable bonds is 6. The number of hydrogen-bond donors (Lipinski definition) is 2. The van der Waals surface area contributed by atoms with Crippen molar-refractivity contribution in [3.05, 3.63) is 48.0 Å². The van der Waals surface area contributed by atoms with E-state index in [2.05, 4.69) is 45.0 Å². The molecular formula is C19H25N5O. The molecule has 0 bridgehead atoms. The molecule has 3 atom stereocenters. The lowest BCUT2D eigenvalue weighted by Crippen LogP contribution is -2.42. The van der Waals surface area contributed by atoms with Crippen molar-refractivity contribution < 1.29 is 4.79 Å². The summed E-state index contributed by atoms with van der Waals surface area (Å²) in [6, 6.07) is 8.81. The standard InChI is InChI=1S/C19H25N5O/c1-14(7-9-24-13-20-12-22-24)23-18(25)21-11-16-10-19(16)8-6-15-4-2-3-5-17(15)19/h2-5,12-14,16H,6-11H2,1H3,(H2,21,23,25)/t14-,16+,19-/m1/s1. The van der Waals surface area contributed by atoms with Gasteiger partial charge in [0.05, 0.1) is 0 Å². The molecule has 1 saturated carbocycles. The fourth-order valence-corrected chi connectivity index (χ4v) is 4.24. The van der Waals surface area contributed by atoms with Gasteiger partial charge in [-0.05, 0) is 49.7 Å². The highest BCUT2D eigenvalue weighted by atomic mass is 16.2. The van der Waals surface area contributed by atoms with Crippen LogP contribution in [0, 0.1) is 5.92 Å². The van der Waals surface area contributed by atoms with E-state index < -0.39 is 0 Å². The van der Waals surface area contributed by atoms with Gasteiger partial charge in [0.15, 0.2) is 0 Å². The van der Waals surface area contributed by atoms with Crippen LogP contribution in [-0.2, 0) is 18.4 Å². The van der Waals surface area contributed by atoms with Crippen molar-refractivity contribution >= 4 is 6.03 Å². The lowest BCUT2D eigenvalue weighted by atomic mass is 9.95. The fraction of sp³-hybridized carbons (Fsp3) is 0.526. The van der Waals surface area contributed by atoms with E-state index in [-0.39, 0.29) is 12.1 Å². The van der Waals surface area contributed by atoms with E-state index in [9.17, 15) is 4.79 Å². The van der Waals surface area contributed by atoms with Crippen LogP contribution < -0.4 is 10.6 Å². The zero-order valence-electron chi connectivity index (χ0n) is 14.6. The first-order valence-electron chi connectivity index (χ1n) is 9.12. The van der Waals surface area contributed by atoms with E-state index in [0.29, 0.717) is 11.3 Å². The van der Waals surface area contributed by atoms with Crippen LogP contribution in [0.5, 0.6) is 0 Å². The van der Waals surface area contributed by atoms with Gasteiger partial charge < -0.3 is 10.6 Å². The van der Waals surface area contributed by atoms with Crippen LogP contribution in [0.2, 0.25) is 0 Å². The first-order chi connectivity index (χ1) is 12.2. The quantitative estimate of drug-likeness (QED) is 0.848. The van der Waals surface area contributed by atoms with Gasteiger partial charge in [0, 0.05) is 24.5 Å². The van der Waals surface area contributed by atoms with Crippen LogP contribution in [0.4, 0.5) is 4.79 Å². The largest absolute Gasteiger partial charge is 0.338 e.